The highest BCUT2D eigenvalue weighted by Gasteiger charge is 2.30. The molecule has 12 nitrogen and oxygen atoms in total. The molecule has 0 radical (unpaired) electrons. The first-order chi connectivity index (χ1) is 20.9. The van der Waals surface area contributed by atoms with Gasteiger partial charge in [0, 0.05) is 55.9 Å². The summed E-state index contributed by atoms with van der Waals surface area (Å²) in [6, 6.07) is 10.7. The number of carbonyl (C=O) groups excluding carboxylic acids is 1. The van der Waals surface area contributed by atoms with Crippen LogP contribution in [0.5, 0.6) is 0 Å². The zero-order valence-corrected chi connectivity index (χ0v) is 23.4. The molecule has 0 unspecified atom stereocenters. The number of H-pyrrole nitrogens is 1. The van der Waals surface area contributed by atoms with E-state index in [0.717, 1.165) is 18.9 Å². The molecular formula is C30H29FN8O4. The van der Waals surface area contributed by atoms with Crippen LogP contribution in [-0.4, -0.2) is 46.1 Å². The summed E-state index contributed by atoms with van der Waals surface area (Å²) in [7, 11) is 0. The van der Waals surface area contributed by atoms with Gasteiger partial charge in [-0.05, 0) is 56.0 Å². The van der Waals surface area contributed by atoms with Gasteiger partial charge in [-0.3, -0.25) is 28.4 Å². The van der Waals surface area contributed by atoms with Crippen LogP contribution in [-0.2, 0) is 13.1 Å². The summed E-state index contributed by atoms with van der Waals surface area (Å²) in [6.45, 7) is 2.82. The summed E-state index contributed by atoms with van der Waals surface area (Å²) in [5, 5.41) is 0. The molecule has 43 heavy (non-hydrogen) atoms. The second-order valence-corrected chi connectivity index (χ2v) is 10.4. The van der Waals surface area contributed by atoms with Gasteiger partial charge in [-0.2, -0.15) is 4.39 Å². The summed E-state index contributed by atoms with van der Waals surface area (Å²) in [4.78, 5) is 69.1. The number of aromatic nitrogens is 7. The topological polar surface area (TPSA) is 141 Å². The molecular weight excluding hydrogens is 555 g/mol. The van der Waals surface area contributed by atoms with Crippen LogP contribution < -0.4 is 21.7 Å². The van der Waals surface area contributed by atoms with Gasteiger partial charge in [0.05, 0.1) is 5.56 Å². The van der Waals surface area contributed by atoms with Crippen molar-refractivity contribution >= 4 is 22.9 Å². The van der Waals surface area contributed by atoms with Crippen LogP contribution in [0.15, 0.2) is 75.4 Å². The summed E-state index contributed by atoms with van der Waals surface area (Å²) in [5.41, 5.74) is 0.409. The normalized spacial score (nSPS) is 13.0. The number of nitrogens with zero attached hydrogens (tertiary/aromatic N) is 7. The average molecular weight is 585 g/mol. The maximum atomic E-state index is 13.5. The smallest absolute Gasteiger partial charge is 0.332 e. The molecule has 1 aliphatic carbocycles. The van der Waals surface area contributed by atoms with Gasteiger partial charge in [-0.15, -0.1) is 0 Å². The minimum atomic E-state index is -0.701. The molecule has 13 heteroatoms. The van der Waals surface area contributed by atoms with Crippen molar-refractivity contribution in [3.05, 3.63) is 104 Å². The number of aromatic amines is 1. The minimum absolute atomic E-state index is 0.0163. The Morgan fingerprint density at radius 3 is 2.56 bits per heavy atom. The minimum Gasteiger partial charge on any atom is -0.332 e. The molecule has 0 spiro atoms. The Balaban J connectivity index is 1.32. The SMILES string of the molecule is CCCn1c(=O)c2[nH]c(-c3ccc(N(CCCn4ccccc4=O)C(=O)c4ccc(F)nc4)nc3)nc2n(C2CC2)c1=O. The molecule has 5 aromatic heterocycles. The van der Waals surface area contributed by atoms with Crippen molar-refractivity contribution in [1.29, 1.82) is 0 Å². The number of halogens is 1. The Bertz CT molecular complexity index is 1970. The molecule has 5 aromatic rings. The van der Waals surface area contributed by atoms with Crippen molar-refractivity contribution in [3.8, 4) is 11.4 Å². The number of hydrogen-bond donors (Lipinski definition) is 1. The molecule has 5 heterocycles. The second-order valence-electron chi connectivity index (χ2n) is 10.4. The predicted octanol–water partition coefficient (Wildman–Crippen LogP) is 3.13. The summed E-state index contributed by atoms with van der Waals surface area (Å²) >= 11 is 0. The van der Waals surface area contributed by atoms with Crippen LogP contribution in [0.25, 0.3) is 22.6 Å². The van der Waals surface area contributed by atoms with E-state index in [0.29, 0.717) is 48.8 Å². The van der Waals surface area contributed by atoms with E-state index < -0.39 is 17.4 Å². The lowest BCUT2D eigenvalue weighted by atomic mass is 10.2. The Morgan fingerprint density at radius 2 is 1.88 bits per heavy atom. The van der Waals surface area contributed by atoms with Gasteiger partial charge in [0.1, 0.15) is 17.2 Å². The van der Waals surface area contributed by atoms with Gasteiger partial charge in [0.25, 0.3) is 11.5 Å². The number of aryl methyl sites for hydroxylation is 1. The van der Waals surface area contributed by atoms with Crippen molar-refractivity contribution in [2.45, 2.75) is 51.7 Å². The van der Waals surface area contributed by atoms with Gasteiger partial charge in [-0.25, -0.2) is 19.7 Å². The zero-order chi connectivity index (χ0) is 30.1. The molecule has 0 bridgehead atoms. The summed E-state index contributed by atoms with van der Waals surface area (Å²) < 4.78 is 17.8. The lowest BCUT2D eigenvalue weighted by molar-refractivity contribution is 0.0985. The van der Waals surface area contributed by atoms with E-state index in [9.17, 15) is 23.6 Å². The number of anilines is 1. The zero-order valence-electron chi connectivity index (χ0n) is 23.4. The molecule has 1 fully saturated rings. The maximum absolute atomic E-state index is 13.5. The molecule has 0 atom stereocenters. The molecule has 1 saturated carbocycles. The van der Waals surface area contributed by atoms with Crippen LogP contribution in [0, 0.1) is 5.95 Å². The van der Waals surface area contributed by atoms with E-state index in [1.165, 1.54) is 34.0 Å². The largest absolute Gasteiger partial charge is 0.332 e. The Morgan fingerprint density at radius 1 is 1.05 bits per heavy atom. The number of carbonyl (C=O) groups is 1. The fourth-order valence-corrected chi connectivity index (χ4v) is 5.06. The Hall–Kier alpha value is -5.20. The van der Waals surface area contributed by atoms with Crippen LogP contribution in [0.4, 0.5) is 10.2 Å². The summed E-state index contributed by atoms with van der Waals surface area (Å²) in [5.74, 6) is -0.428. The lowest BCUT2D eigenvalue weighted by Gasteiger charge is -2.22. The van der Waals surface area contributed by atoms with Crippen molar-refractivity contribution in [1.82, 2.24) is 33.6 Å². The highest BCUT2D eigenvalue weighted by Crippen LogP contribution is 2.35. The number of imidazole rings is 1. The van der Waals surface area contributed by atoms with Crippen molar-refractivity contribution in [2.75, 3.05) is 11.4 Å². The quantitative estimate of drug-likeness (QED) is 0.249. The number of hydrogen-bond acceptors (Lipinski definition) is 7. The highest BCUT2D eigenvalue weighted by atomic mass is 19.1. The fourth-order valence-electron chi connectivity index (χ4n) is 5.06. The maximum Gasteiger partial charge on any atom is 0.332 e. The van der Waals surface area contributed by atoms with Crippen LogP contribution in [0.1, 0.15) is 49.0 Å². The third-order valence-corrected chi connectivity index (χ3v) is 7.37. The van der Waals surface area contributed by atoms with E-state index in [4.69, 9.17) is 0 Å². The number of amides is 1. The lowest BCUT2D eigenvalue weighted by Crippen LogP contribution is -2.39. The first kappa shape index (κ1) is 27.9. The Kier molecular flexibility index (Phi) is 7.53. The number of fused-ring (bicyclic) bond motifs is 1. The van der Waals surface area contributed by atoms with Crippen LogP contribution in [0.2, 0.25) is 0 Å². The van der Waals surface area contributed by atoms with Gasteiger partial charge >= 0.3 is 5.69 Å². The summed E-state index contributed by atoms with van der Waals surface area (Å²) in [6.07, 6.45) is 7.16. The van der Waals surface area contributed by atoms with Gasteiger partial charge in [0.2, 0.25) is 11.5 Å². The number of nitrogens with one attached hydrogen (secondary N) is 1. The second kappa shape index (κ2) is 11.6. The first-order valence-corrected chi connectivity index (χ1v) is 14.2. The van der Waals surface area contributed by atoms with Gasteiger partial charge in [0.15, 0.2) is 5.65 Å². The number of rotatable bonds is 10. The molecule has 6 rings (SSSR count). The van der Waals surface area contributed by atoms with Gasteiger partial charge < -0.3 is 9.55 Å². The highest BCUT2D eigenvalue weighted by molar-refractivity contribution is 6.05. The molecule has 1 aliphatic rings. The first-order valence-electron chi connectivity index (χ1n) is 14.2. The number of pyridine rings is 3. The monoisotopic (exact) mass is 584 g/mol. The molecule has 0 saturated heterocycles. The molecule has 220 valence electrons. The van der Waals surface area contributed by atoms with Crippen molar-refractivity contribution in [3.63, 3.8) is 0 Å². The van der Waals surface area contributed by atoms with Crippen molar-refractivity contribution in [2.24, 2.45) is 0 Å². The molecule has 0 aromatic carbocycles. The van der Waals surface area contributed by atoms with Gasteiger partial charge in [-0.1, -0.05) is 13.0 Å². The van der Waals surface area contributed by atoms with E-state index in [1.807, 2.05) is 6.92 Å². The third-order valence-electron chi connectivity index (χ3n) is 7.37. The van der Waals surface area contributed by atoms with E-state index in [1.54, 1.807) is 39.6 Å². The third kappa shape index (κ3) is 5.53. The fraction of sp³-hybridized carbons (Fsp3) is 0.300. The molecule has 1 N–H and O–H groups in total. The van der Waals surface area contributed by atoms with Crippen LogP contribution >= 0.6 is 0 Å². The molecule has 0 aliphatic heterocycles. The van der Waals surface area contributed by atoms with E-state index >= 15 is 0 Å². The van der Waals surface area contributed by atoms with E-state index in [2.05, 4.69) is 19.9 Å². The van der Waals surface area contributed by atoms with Crippen LogP contribution in [0.3, 0.4) is 0 Å². The average Bonchev–Trinajstić information content (AvgIpc) is 3.75. The molecule has 1 amide bonds. The standard InChI is InChI=1S/C30H29FN8O4/c1-2-13-38-29(42)25-27(39(30(38)43)21-9-10-21)35-26(34-25)19-8-12-23(33-17-19)37(28(41)20-7-11-22(31)32-18-20)16-5-15-36-14-4-3-6-24(36)40/h3-4,6-8,11-12,14,17-18,21H,2,5,9-10,13,15-16H2,1H3,(H,34,35). The van der Waals surface area contributed by atoms with E-state index in [-0.39, 0.29) is 34.9 Å². The predicted molar refractivity (Wildman–Crippen MR) is 158 cm³/mol. The Labute approximate surface area is 244 Å². The van der Waals surface area contributed by atoms with Crippen molar-refractivity contribution < 1.29 is 9.18 Å².